The number of amides is 3. The van der Waals surface area contributed by atoms with Crippen LogP contribution in [0.5, 0.6) is 0 Å². The van der Waals surface area contributed by atoms with Crippen molar-refractivity contribution in [2.45, 2.75) is 25.8 Å². The number of carbonyl (C=O) groups excluding carboxylic acids is 2. The van der Waals surface area contributed by atoms with Crippen LogP contribution in [0.15, 0.2) is 17.5 Å². The Labute approximate surface area is 109 Å². The van der Waals surface area contributed by atoms with Crippen molar-refractivity contribution in [3.63, 3.8) is 0 Å². The monoisotopic (exact) mass is 274 g/mol. The maximum atomic E-state index is 11.4. The second-order valence-electron chi connectivity index (χ2n) is 3.65. The predicted molar refractivity (Wildman–Crippen MR) is 69.5 cm³/mol. The first-order valence-corrected chi connectivity index (χ1v) is 6.72. The molecule has 0 saturated heterocycles. The maximum absolute atomic E-state index is 11.4. The Morgan fingerprint density at radius 2 is 2.29 bits per heavy atom. The van der Waals surface area contributed by atoms with Crippen molar-refractivity contribution in [2.75, 3.05) is 5.88 Å². The second-order valence-corrected chi connectivity index (χ2v) is 5.06. The van der Waals surface area contributed by atoms with Crippen molar-refractivity contribution >= 4 is 34.9 Å². The average molecular weight is 275 g/mol. The number of rotatable bonds is 5. The van der Waals surface area contributed by atoms with Gasteiger partial charge in [0.25, 0.3) is 0 Å². The van der Waals surface area contributed by atoms with Crippen LogP contribution in [-0.4, -0.2) is 23.9 Å². The molecule has 0 fully saturated rings. The van der Waals surface area contributed by atoms with Gasteiger partial charge in [0, 0.05) is 29.6 Å². The lowest BCUT2D eigenvalue weighted by atomic mass is 10.2. The Balaban J connectivity index is 2.28. The first kappa shape index (κ1) is 14.0. The lowest BCUT2D eigenvalue weighted by Crippen LogP contribution is -2.44. The molecule has 0 aliphatic carbocycles. The van der Waals surface area contributed by atoms with Gasteiger partial charge in [-0.1, -0.05) is 6.07 Å². The highest BCUT2D eigenvalue weighted by Crippen LogP contribution is 2.10. The Kier molecular flexibility index (Phi) is 6.00. The zero-order valence-electron chi connectivity index (χ0n) is 9.53. The number of alkyl halides is 1. The van der Waals surface area contributed by atoms with Crippen LogP contribution in [0.1, 0.15) is 18.2 Å². The van der Waals surface area contributed by atoms with E-state index in [1.165, 1.54) is 4.88 Å². The number of imide groups is 1. The summed E-state index contributed by atoms with van der Waals surface area (Å²) in [7, 11) is 0. The van der Waals surface area contributed by atoms with Gasteiger partial charge in [-0.15, -0.1) is 22.9 Å². The topological polar surface area (TPSA) is 58.2 Å². The summed E-state index contributed by atoms with van der Waals surface area (Å²) >= 11 is 7.03. The van der Waals surface area contributed by atoms with Gasteiger partial charge in [0.1, 0.15) is 0 Å². The average Bonchev–Trinajstić information content (AvgIpc) is 2.69. The summed E-state index contributed by atoms with van der Waals surface area (Å²) in [5.74, 6) is -0.148. The molecule has 1 aromatic rings. The van der Waals surface area contributed by atoms with E-state index in [4.69, 9.17) is 11.6 Å². The second kappa shape index (κ2) is 7.29. The third-order valence-electron chi connectivity index (χ3n) is 2.04. The van der Waals surface area contributed by atoms with Gasteiger partial charge >= 0.3 is 6.03 Å². The number of urea groups is 1. The maximum Gasteiger partial charge on any atom is 0.321 e. The third kappa shape index (κ3) is 5.70. The van der Waals surface area contributed by atoms with Crippen LogP contribution in [0.3, 0.4) is 0 Å². The summed E-state index contributed by atoms with van der Waals surface area (Å²) in [5.41, 5.74) is 0. The largest absolute Gasteiger partial charge is 0.335 e. The van der Waals surface area contributed by atoms with E-state index in [1.54, 1.807) is 11.3 Å². The number of nitrogens with one attached hydrogen (secondary N) is 2. The van der Waals surface area contributed by atoms with Gasteiger partial charge < -0.3 is 5.32 Å². The quantitative estimate of drug-likeness (QED) is 0.808. The molecule has 0 bridgehead atoms. The van der Waals surface area contributed by atoms with Crippen LogP contribution < -0.4 is 10.6 Å². The summed E-state index contributed by atoms with van der Waals surface area (Å²) in [5, 5.41) is 6.91. The van der Waals surface area contributed by atoms with Gasteiger partial charge in [0.15, 0.2) is 0 Å². The van der Waals surface area contributed by atoms with Crippen LogP contribution >= 0.6 is 22.9 Å². The van der Waals surface area contributed by atoms with Gasteiger partial charge in [-0.2, -0.15) is 0 Å². The fourth-order valence-corrected chi connectivity index (χ4v) is 2.32. The van der Waals surface area contributed by atoms with E-state index in [-0.39, 0.29) is 24.2 Å². The van der Waals surface area contributed by atoms with Crippen molar-refractivity contribution in [3.05, 3.63) is 22.4 Å². The zero-order valence-corrected chi connectivity index (χ0v) is 11.1. The Morgan fingerprint density at radius 1 is 1.53 bits per heavy atom. The number of hydrogen-bond donors (Lipinski definition) is 2. The molecule has 3 amide bonds. The van der Waals surface area contributed by atoms with Crippen LogP contribution in [-0.2, 0) is 11.2 Å². The molecule has 0 aliphatic heterocycles. The lowest BCUT2D eigenvalue weighted by molar-refractivity contribution is -0.119. The van der Waals surface area contributed by atoms with E-state index < -0.39 is 6.03 Å². The summed E-state index contributed by atoms with van der Waals surface area (Å²) in [4.78, 5) is 23.7. The van der Waals surface area contributed by atoms with E-state index in [1.807, 2.05) is 24.4 Å². The summed E-state index contributed by atoms with van der Waals surface area (Å²) in [6.07, 6.45) is 0.906. The normalized spacial score (nSPS) is 11.9. The summed E-state index contributed by atoms with van der Waals surface area (Å²) < 4.78 is 0. The van der Waals surface area contributed by atoms with Crippen molar-refractivity contribution in [2.24, 2.45) is 0 Å². The lowest BCUT2D eigenvalue weighted by Gasteiger charge is -2.12. The molecule has 1 atom stereocenters. The molecule has 0 aliphatic rings. The molecule has 0 spiro atoms. The number of hydrogen-bond acceptors (Lipinski definition) is 3. The zero-order chi connectivity index (χ0) is 12.7. The highest BCUT2D eigenvalue weighted by molar-refractivity contribution is 7.09. The van der Waals surface area contributed by atoms with Gasteiger partial charge in [-0.25, -0.2) is 4.79 Å². The van der Waals surface area contributed by atoms with E-state index in [9.17, 15) is 9.59 Å². The smallest absolute Gasteiger partial charge is 0.321 e. The van der Waals surface area contributed by atoms with Gasteiger partial charge in [-0.05, 0) is 18.4 Å². The summed E-state index contributed by atoms with van der Waals surface area (Å²) in [6, 6.07) is 3.50. The van der Waals surface area contributed by atoms with Crippen LogP contribution in [0.25, 0.3) is 0 Å². The fraction of sp³-hybridized carbons (Fsp3) is 0.455. The molecular weight excluding hydrogens is 260 g/mol. The van der Waals surface area contributed by atoms with E-state index in [2.05, 4.69) is 10.6 Å². The van der Waals surface area contributed by atoms with Crippen LogP contribution in [0, 0.1) is 0 Å². The third-order valence-corrected chi connectivity index (χ3v) is 3.13. The van der Waals surface area contributed by atoms with Crippen molar-refractivity contribution < 1.29 is 9.59 Å². The molecule has 1 aromatic heterocycles. The molecule has 94 valence electrons. The minimum Gasteiger partial charge on any atom is -0.335 e. The van der Waals surface area contributed by atoms with Crippen LogP contribution in [0.2, 0.25) is 0 Å². The minimum absolute atomic E-state index is 0.0162. The molecule has 1 heterocycles. The standard InChI is InChI=1S/C11H15ClN2O2S/c1-8(7-9-3-2-6-17-9)13-11(16)14-10(15)4-5-12/h2-3,6,8H,4-5,7H2,1H3,(H2,13,14,15,16). The molecule has 1 unspecified atom stereocenters. The summed E-state index contributed by atoms with van der Waals surface area (Å²) in [6.45, 7) is 1.89. The Bertz CT molecular complexity index is 368. The molecule has 6 heteroatoms. The van der Waals surface area contributed by atoms with Gasteiger partial charge in [0.2, 0.25) is 5.91 Å². The SMILES string of the molecule is CC(Cc1cccs1)NC(=O)NC(=O)CCCl. The first-order valence-electron chi connectivity index (χ1n) is 5.30. The van der Waals surface area contributed by atoms with E-state index in [0.29, 0.717) is 0 Å². The van der Waals surface area contributed by atoms with Crippen molar-refractivity contribution in [3.8, 4) is 0 Å². The molecule has 4 nitrogen and oxygen atoms in total. The number of thiophene rings is 1. The van der Waals surface area contributed by atoms with Crippen molar-refractivity contribution in [1.29, 1.82) is 0 Å². The van der Waals surface area contributed by atoms with Crippen molar-refractivity contribution in [1.82, 2.24) is 10.6 Å². The first-order chi connectivity index (χ1) is 8.11. The molecule has 17 heavy (non-hydrogen) atoms. The predicted octanol–water partition coefficient (Wildman–Crippen LogP) is 2.13. The number of halogens is 1. The molecule has 1 rings (SSSR count). The van der Waals surface area contributed by atoms with E-state index >= 15 is 0 Å². The number of carbonyl (C=O) groups is 2. The Hall–Kier alpha value is -1.07. The Morgan fingerprint density at radius 3 is 2.88 bits per heavy atom. The van der Waals surface area contributed by atoms with E-state index in [0.717, 1.165) is 6.42 Å². The molecular formula is C11H15ClN2O2S. The molecule has 0 radical (unpaired) electrons. The highest BCUT2D eigenvalue weighted by Gasteiger charge is 2.10. The van der Waals surface area contributed by atoms with Gasteiger partial charge in [0.05, 0.1) is 0 Å². The highest BCUT2D eigenvalue weighted by atomic mass is 35.5. The fourth-order valence-electron chi connectivity index (χ4n) is 1.32. The molecule has 0 saturated carbocycles. The van der Waals surface area contributed by atoms with Gasteiger partial charge in [-0.3, -0.25) is 10.1 Å². The molecule has 2 N–H and O–H groups in total. The molecule has 0 aromatic carbocycles. The van der Waals surface area contributed by atoms with Crippen LogP contribution in [0.4, 0.5) is 4.79 Å². The minimum atomic E-state index is -0.468.